The summed E-state index contributed by atoms with van der Waals surface area (Å²) in [6.07, 6.45) is 3.96. The van der Waals surface area contributed by atoms with Gasteiger partial charge in [-0.05, 0) is 37.0 Å². The smallest absolute Gasteiger partial charge is 0.123 e. The van der Waals surface area contributed by atoms with E-state index in [0.717, 1.165) is 18.4 Å². The highest BCUT2D eigenvalue weighted by Crippen LogP contribution is 2.23. The van der Waals surface area contributed by atoms with E-state index < -0.39 is 0 Å². The van der Waals surface area contributed by atoms with Gasteiger partial charge in [0.2, 0.25) is 0 Å². The molecule has 1 fully saturated rings. The zero-order valence-corrected chi connectivity index (χ0v) is 8.66. The van der Waals surface area contributed by atoms with Gasteiger partial charge in [-0.25, -0.2) is 4.39 Å². The van der Waals surface area contributed by atoms with Crippen LogP contribution in [0, 0.1) is 5.82 Å². The summed E-state index contributed by atoms with van der Waals surface area (Å²) in [5.41, 5.74) is 6.85. The number of hydrogen-bond donors (Lipinski definition) is 1. The Bertz CT molecular complexity index is 308. The van der Waals surface area contributed by atoms with E-state index in [0.29, 0.717) is 12.7 Å². The number of rotatable bonds is 4. The van der Waals surface area contributed by atoms with Crippen LogP contribution in [-0.4, -0.2) is 12.7 Å². The Hall–Kier alpha value is -0.930. The maximum atomic E-state index is 12.7. The molecule has 3 heteroatoms. The Morgan fingerprint density at radius 1 is 1.33 bits per heavy atom. The summed E-state index contributed by atoms with van der Waals surface area (Å²) in [5, 5.41) is 0. The normalized spacial score (nSPS) is 18.5. The van der Waals surface area contributed by atoms with Crippen LogP contribution in [0.25, 0.3) is 0 Å². The van der Waals surface area contributed by atoms with Crippen LogP contribution in [0.3, 0.4) is 0 Å². The zero-order valence-electron chi connectivity index (χ0n) is 8.66. The van der Waals surface area contributed by atoms with Crippen LogP contribution in [0.5, 0.6) is 0 Å². The van der Waals surface area contributed by atoms with Gasteiger partial charge in [0.1, 0.15) is 5.82 Å². The van der Waals surface area contributed by atoms with Gasteiger partial charge >= 0.3 is 0 Å². The van der Waals surface area contributed by atoms with Crippen molar-refractivity contribution in [2.45, 2.75) is 31.4 Å². The second-order valence-electron chi connectivity index (χ2n) is 4.04. The second-order valence-corrected chi connectivity index (χ2v) is 4.04. The molecule has 1 saturated carbocycles. The molecular formula is C12H16FNO. The summed E-state index contributed by atoms with van der Waals surface area (Å²) in [5.74, 6) is -0.231. The average Bonchev–Trinajstić information content (AvgIpc) is 2.16. The lowest BCUT2D eigenvalue weighted by Gasteiger charge is -2.27. The third-order valence-electron chi connectivity index (χ3n) is 2.86. The van der Waals surface area contributed by atoms with Crippen LogP contribution in [0.4, 0.5) is 4.39 Å². The molecule has 1 aliphatic rings. The van der Waals surface area contributed by atoms with Gasteiger partial charge in [0.15, 0.2) is 0 Å². The van der Waals surface area contributed by atoms with Crippen molar-refractivity contribution in [2.24, 2.45) is 5.73 Å². The first-order valence-corrected chi connectivity index (χ1v) is 5.38. The van der Waals surface area contributed by atoms with E-state index in [1.807, 2.05) is 0 Å². The number of ether oxygens (including phenoxy) is 1. The molecule has 0 amide bonds. The maximum absolute atomic E-state index is 12.7. The van der Waals surface area contributed by atoms with E-state index in [1.165, 1.54) is 18.6 Å². The third kappa shape index (κ3) is 2.76. The predicted octanol–water partition coefficient (Wildman–Crippen LogP) is 2.39. The van der Waals surface area contributed by atoms with Crippen molar-refractivity contribution in [1.29, 1.82) is 0 Å². The van der Waals surface area contributed by atoms with Gasteiger partial charge in [-0.1, -0.05) is 12.1 Å². The molecule has 1 unspecified atom stereocenters. The van der Waals surface area contributed by atoms with Gasteiger partial charge in [0.05, 0.1) is 18.8 Å². The molecule has 1 aromatic rings. The Morgan fingerprint density at radius 3 is 2.53 bits per heavy atom. The van der Waals surface area contributed by atoms with E-state index in [-0.39, 0.29) is 11.9 Å². The van der Waals surface area contributed by atoms with Crippen LogP contribution in [0.15, 0.2) is 24.3 Å². The van der Waals surface area contributed by atoms with Gasteiger partial charge in [0, 0.05) is 0 Å². The Labute approximate surface area is 89.2 Å². The monoisotopic (exact) mass is 209 g/mol. The minimum absolute atomic E-state index is 0.147. The van der Waals surface area contributed by atoms with E-state index in [9.17, 15) is 4.39 Å². The van der Waals surface area contributed by atoms with Crippen molar-refractivity contribution in [3.63, 3.8) is 0 Å². The quantitative estimate of drug-likeness (QED) is 0.826. The molecular weight excluding hydrogens is 193 g/mol. The van der Waals surface area contributed by atoms with E-state index in [2.05, 4.69) is 0 Å². The topological polar surface area (TPSA) is 35.2 Å². The minimum Gasteiger partial charge on any atom is -0.376 e. The summed E-state index contributed by atoms with van der Waals surface area (Å²) in [6.45, 7) is 0.524. The largest absolute Gasteiger partial charge is 0.376 e. The van der Waals surface area contributed by atoms with Gasteiger partial charge in [-0.3, -0.25) is 0 Å². The second kappa shape index (κ2) is 4.73. The maximum Gasteiger partial charge on any atom is 0.123 e. The minimum atomic E-state index is -0.231. The van der Waals surface area contributed by atoms with Crippen molar-refractivity contribution in [1.82, 2.24) is 0 Å². The van der Waals surface area contributed by atoms with Crippen molar-refractivity contribution in [2.75, 3.05) is 6.61 Å². The fourth-order valence-corrected chi connectivity index (χ4v) is 1.58. The van der Waals surface area contributed by atoms with Crippen LogP contribution in [0.2, 0.25) is 0 Å². The molecule has 0 spiro atoms. The lowest BCUT2D eigenvalue weighted by Crippen LogP contribution is -2.26. The number of hydrogen-bond acceptors (Lipinski definition) is 2. The molecule has 1 aliphatic carbocycles. The molecule has 82 valence electrons. The summed E-state index contributed by atoms with van der Waals surface area (Å²) < 4.78 is 18.3. The first kappa shape index (κ1) is 10.6. The Balaban J connectivity index is 1.83. The van der Waals surface area contributed by atoms with Crippen LogP contribution in [-0.2, 0) is 4.74 Å². The molecule has 2 nitrogen and oxygen atoms in total. The summed E-state index contributed by atoms with van der Waals surface area (Å²) in [7, 11) is 0. The van der Waals surface area contributed by atoms with Gasteiger partial charge < -0.3 is 10.5 Å². The third-order valence-corrected chi connectivity index (χ3v) is 2.86. The van der Waals surface area contributed by atoms with Crippen LogP contribution in [0.1, 0.15) is 30.9 Å². The summed E-state index contributed by atoms with van der Waals surface area (Å²) in [4.78, 5) is 0. The van der Waals surface area contributed by atoms with Crippen molar-refractivity contribution < 1.29 is 9.13 Å². The van der Waals surface area contributed by atoms with E-state index in [1.54, 1.807) is 12.1 Å². The van der Waals surface area contributed by atoms with Crippen LogP contribution >= 0.6 is 0 Å². The average molecular weight is 209 g/mol. The van der Waals surface area contributed by atoms with Crippen molar-refractivity contribution in [3.8, 4) is 0 Å². The van der Waals surface area contributed by atoms with Crippen LogP contribution < -0.4 is 5.73 Å². The molecule has 0 aliphatic heterocycles. The molecule has 1 atom stereocenters. The molecule has 0 aromatic heterocycles. The highest BCUT2D eigenvalue weighted by Gasteiger charge is 2.19. The van der Waals surface area contributed by atoms with Gasteiger partial charge in [-0.2, -0.15) is 0 Å². The Morgan fingerprint density at radius 2 is 2.00 bits per heavy atom. The number of benzene rings is 1. The SMILES string of the molecule is NC(COC1CCC1)c1ccc(F)cc1. The number of nitrogens with two attached hydrogens (primary N) is 1. The first-order valence-electron chi connectivity index (χ1n) is 5.38. The molecule has 1 aromatic carbocycles. The Kier molecular flexibility index (Phi) is 3.34. The molecule has 0 saturated heterocycles. The molecule has 0 bridgehead atoms. The standard InChI is InChI=1S/C12H16FNO/c13-10-6-4-9(5-7-10)12(14)8-15-11-2-1-3-11/h4-7,11-12H,1-3,8,14H2. The molecule has 0 radical (unpaired) electrons. The van der Waals surface area contributed by atoms with Gasteiger partial charge in [-0.15, -0.1) is 0 Å². The van der Waals surface area contributed by atoms with E-state index >= 15 is 0 Å². The lowest BCUT2D eigenvalue weighted by molar-refractivity contribution is -0.00446. The zero-order chi connectivity index (χ0) is 10.7. The van der Waals surface area contributed by atoms with Crippen molar-refractivity contribution in [3.05, 3.63) is 35.6 Å². The fraction of sp³-hybridized carbons (Fsp3) is 0.500. The summed E-state index contributed by atoms with van der Waals surface area (Å²) in [6, 6.07) is 6.14. The highest BCUT2D eigenvalue weighted by atomic mass is 19.1. The highest BCUT2D eigenvalue weighted by molar-refractivity contribution is 5.19. The van der Waals surface area contributed by atoms with Gasteiger partial charge in [0.25, 0.3) is 0 Å². The van der Waals surface area contributed by atoms with E-state index in [4.69, 9.17) is 10.5 Å². The lowest BCUT2D eigenvalue weighted by atomic mass is 9.96. The summed E-state index contributed by atoms with van der Waals surface area (Å²) >= 11 is 0. The first-order chi connectivity index (χ1) is 7.25. The molecule has 15 heavy (non-hydrogen) atoms. The number of halogens is 1. The molecule has 0 heterocycles. The molecule has 2 rings (SSSR count). The van der Waals surface area contributed by atoms with Crippen molar-refractivity contribution >= 4 is 0 Å². The predicted molar refractivity (Wildman–Crippen MR) is 56.9 cm³/mol. The molecule has 2 N–H and O–H groups in total. The fourth-order valence-electron chi connectivity index (χ4n) is 1.58.